The third-order valence-electron chi connectivity index (χ3n) is 7.45. The number of para-hydroxylation sites is 1. The maximum Gasteiger partial charge on any atom is 0.302 e. The van der Waals surface area contributed by atoms with Crippen LogP contribution in [0.25, 0.3) is 0 Å². The van der Waals surface area contributed by atoms with E-state index in [1.54, 1.807) is 12.1 Å². The highest BCUT2D eigenvalue weighted by Gasteiger charge is 2.33. The van der Waals surface area contributed by atoms with Crippen LogP contribution in [-0.4, -0.2) is 67.0 Å². The van der Waals surface area contributed by atoms with E-state index >= 15 is 0 Å². The number of nitrogens with one attached hydrogen (secondary N) is 1. The van der Waals surface area contributed by atoms with Gasteiger partial charge in [-0.15, -0.1) is 0 Å². The molecule has 1 saturated heterocycles. The maximum atomic E-state index is 13.1. The number of anilines is 1. The summed E-state index contributed by atoms with van der Waals surface area (Å²) in [6, 6.07) is 15.4. The number of carbonyl (C=O) groups excluding carboxylic acids is 4. The SMILES string of the molecule is CC(=O)NCC(CCCCOc1ccc(C(=O)N2CCC(N3C(=O)CCc4ccccc43)CC2)cc1)OC(C)=O. The highest BCUT2D eigenvalue weighted by atomic mass is 16.5. The molecule has 0 radical (unpaired) electrons. The molecule has 3 amide bonds. The third-order valence-corrected chi connectivity index (χ3v) is 7.45. The van der Waals surface area contributed by atoms with Crippen LogP contribution in [0, 0.1) is 0 Å². The molecule has 0 saturated carbocycles. The number of fused-ring (bicyclic) bond motifs is 1. The number of amides is 3. The van der Waals surface area contributed by atoms with Crippen molar-refractivity contribution in [2.45, 2.75) is 70.9 Å². The monoisotopic (exact) mass is 549 g/mol. The van der Waals surface area contributed by atoms with E-state index in [1.807, 2.05) is 40.1 Å². The van der Waals surface area contributed by atoms with Crippen molar-refractivity contribution in [3.63, 3.8) is 0 Å². The lowest BCUT2D eigenvalue weighted by Gasteiger charge is -2.41. The number of carbonyl (C=O) groups is 4. The van der Waals surface area contributed by atoms with Crippen LogP contribution in [0.15, 0.2) is 48.5 Å². The second-order valence-electron chi connectivity index (χ2n) is 10.5. The Morgan fingerprint density at radius 1 is 0.975 bits per heavy atom. The Labute approximate surface area is 235 Å². The van der Waals surface area contributed by atoms with Crippen LogP contribution in [0.5, 0.6) is 5.75 Å². The van der Waals surface area contributed by atoms with Gasteiger partial charge >= 0.3 is 5.97 Å². The number of hydrogen-bond donors (Lipinski definition) is 1. The number of benzene rings is 2. The Kier molecular flexibility index (Phi) is 10.2. The third kappa shape index (κ3) is 7.83. The zero-order chi connectivity index (χ0) is 28.5. The molecule has 2 aromatic rings. The first-order chi connectivity index (χ1) is 19.3. The van der Waals surface area contributed by atoms with Gasteiger partial charge in [0, 0.05) is 50.7 Å². The molecule has 40 heavy (non-hydrogen) atoms. The fourth-order valence-corrected chi connectivity index (χ4v) is 5.42. The summed E-state index contributed by atoms with van der Waals surface area (Å²) >= 11 is 0. The molecule has 2 aliphatic rings. The minimum Gasteiger partial charge on any atom is -0.494 e. The fourth-order valence-electron chi connectivity index (χ4n) is 5.42. The molecule has 214 valence electrons. The molecule has 0 aromatic heterocycles. The average molecular weight is 550 g/mol. The number of rotatable bonds is 11. The van der Waals surface area contributed by atoms with E-state index < -0.39 is 0 Å². The van der Waals surface area contributed by atoms with Crippen LogP contribution in [0.1, 0.15) is 68.3 Å². The van der Waals surface area contributed by atoms with Gasteiger partial charge in [0.1, 0.15) is 11.9 Å². The van der Waals surface area contributed by atoms with Crippen LogP contribution in [0.3, 0.4) is 0 Å². The summed E-state index contributed by atoms with van der Waals surface area (Å²) in [4.78, 5) is 52.1. The molecular weight excluding hydrogens is 510 g/mol. The van der Waals surface area contributed by atoms with Crippen molar-refractivity contribution in [3.8, 4) is 5.75 Å². The predicted molar refractivity (Wildman–Crippen MR) is 151 cm³/mol. The van der Waals surface area contributed by atoms with E-state index in [0.717, 1.165) is 37.8 Å². The van der Waals surface area contributed by atoms with Gasteiger partial charge in [0.25, 0.3) is 5.91 Å². The van der Waals surface area contributed by atoms with Crippen molar-refractivity contribution in [1.82, 2.24) is 10.2 Å². The van der Waals surface area contributed by atoms with Crippen LogP contribution < -0.4 is 15.0 Å². The summed E-state index contributed by atoms with van der Waals surface area (Å²) in [5, 5.41) is 2.68. The summed E-state index contributed by atoms with van der Waals surface area (Å²) in [5.74, 6) is 0.326. The smallest absolute Gasteiger partial charge is 0.302 e. The highest BCUT2D eigenvalue weighted by Crippen LogP contribution is 2.32. The Balaban J connectivity index is 1.20. The van der Waals surface area contributed by atoms with Crippen molar-refractivity contribution in [2.75, 3.05) is 31.1 Å². The summed E-state index contributed by atoms with van der Waals surface area (Å²) < 4.78 is 11.1. The molecule has 0 spiro atoms. The average Bonchev–Trinajstić information content (AvgIpc) is 2.95. The molecule has 1 atom stereocenters. The van der Waals surface area contributed by atoms with Crippen LogP contribution in [-0.2, 0) is 25.5 Å². The Hall–Kier alpha value is -3.88. The first-order valence-electron chi connectivity index (χ1n) is 14.2. The summed E-state index contributed by atoms with van der Waals surface area (Å²) in [5.41, 5.74) is 2.86. The molecule has 4 rings (SSSR count). The molecule has 2 aromatic carbocycles. The van der Waals surface area contributed by atoms with E-state index in [1.165, 1.54) is 19.4 Å². The van der Waals surface area contributed by atoms with E-state index in [2.05, 4.69) is 11.4 Å². The van der Waals surface area contributed by atoms with Gasteiger partial charge in [0.2, 0.25) is 11.8 Å². The second-order valence-corrected chi connectivity index (χ2v) is 10.5. The van der Waals surface area contributed by atoms with Crippen LogP contribution in [0.2, 0.25) is 0 Å². The van der Waals surface area contributed by atoms with Crippen molar-refractivity contribution in [2.24, 2.45) is 0 Å². The lowest BCUT2D eigenvalue weighted by Crippen LogP contribution is -2.50. The molecule has 1 fully saturated rings. The number of unbranched alkanes of at least 4 members (excludes halogenated alkanes) is 1. The fraction of sp³-hybridized carbons (Fsp3) is 0.484. The minimum absolute atomic E-state index is 0.00828. The van der Waals surface area contributed by atoms with E-state index in [9.17, 15) is 19.2 Å². The molecule has 1 N–H and O–H groups in total. The first kappa shape index (κ1) is 29.1. The molecule has 2 aliphatic heterocycles. The van der Waals surface area contributed by atoms with Gasteiger partial charge < -0.3 is 24.6 Å². The largest absolute Gasteiger partial charge is 0.494 e. The Morgan fingerprint density at radius 2 is 1.70 bits per heavy atom. The predicted octanol–water partition coefficient (Wildman–Crippen LogP) is 3.89. The lowest BCUT2D eigenvalue weighted by atomic mass is 9.95. The van der Waals surface area contributed by atoms with Crippen LogP contribution in [0.4, 0.5) is 5.69 Å². The molecule has 9 heteroatoms. The summed E-state index contributed by atoms with van der Waals surface area (Å²) in [6.07, 6.45) is 4.67. The minimum atomic E-state index is -0.367. The molecule has 0 bridgehead atoms. The number of esters is 1. The first-order valence-corrected chi connectivity index (χ1v) is 14.2. The molecule has 9 nitrogen and oxygen atoms in total. The topological polar surface area (TPSA) is 105 Å². The standard InChI is InChI=1S/C31H39N3O6/c1-22(35)32-21-28(40-23(2)36)8-5-6-20-39-27-13-10-25(11-14-27)31(38)33-18-16-26(17-19-33)34-29-9-4-3-7-24(29)12-15-30(34)37/h3-4,7,9-11,13-14,26,28H,5-6,8,12,15-21H2,1-2H3,(H,32,35). The zero-order valence-electron chi connectivity index (χ0n) is 23.4. The maximum absolute atomic E-state index is 13.1. The Morgan fingerprint density at radius 3 is 2.40 bits per heavy atom. The summed E-state index contributed by atoms with van der Waals surface area (Å²) in [6.45, 7) is 4.81. The quantitative estimate of drug-likeness (QED) is 0.337. The van der Waals surface area contributed by atoms with Gasteiger partial charge in [-0.3, -0.25) is 19.2 Å². The van der Waals surface area contributed by atoms with Gasteiger partial charge in [-0.1, -0.05) is 18.2 Å². The van der Waals surface area contributed by atoms with Crippen molar-refractivity contribution in [3.05, 3.63) is 59.7 Å². The number of likely N-dealkylation sites (tertiary alicyclic amines) is 1. The number of piperidine rings is 1. The van der Waals surface area contributed by atoms with Gasteiger partial charge in [-0.25, -0.2) is 0 Å². The highest BCUT2D eigenvalue weighted by molar-refractivity contribution is 5.97. The van der Waals surface area contributed by atoms with E-state index in [-0.39, 0.29) is 35.8 Å². The van der Waals surface area contributed by atoms with Gasteiger partial charge in [0.05, 0.1) is 13.2 Å². The van der Waals surface area contributed by atoms with Crippen molar-refractivity contribution >= 4 is 29.4 Å². The van der Waals surface area contributed by atoms with Crippen LogP contribution >= 0.6 is 0 Å². The Bertz CT molecular complexity index is 1190. The number of hydrogen-bond acceptors (Lipinski definition) is 6. The normalized spacial score (nSPS) is 16.2. The van der Waals surface area contributed by atoms with E-state index in [4.69, 9.17) is 9.47 Å². The number of nitrogens with zero attached hydrogens (tertiary/aromatic N) is 2. The second kappa shape index (κ2) is 14.0. The van der Waals surface area contributed by atoms with Crippen molar-refractivity contribution < 1.29 is 28.7 Å². The zero-order valence-corrected chi connectivity index (χ0v) is 23.4. The lowest BCUT2D eigenvalue weighted by molar-refractivity contribution is -0.147. The van der Waals surface area contributed by atoms with Gasteiger partial charge in [-0.05, 0) is 74.4 Å². The molecule has 1 unspecified atom stereocenters. The molecule has 0 aliphatic carbocycles. The van der Waals surface area contributed by atoms with Gasteiger partial charge in [-0.2, -0.15) is 0 Å². The van der Waals surface area contributed by atoms with Gasteiger partial charge in [0.15, 0.2) is 0 Å². The number of aryl methyl sites for hydroxylation is 1. The summed E-state index contributed by atoms with van der Waals surface area (Å²) in [7, 11) is 0. The van der Waals surface area contributed by atoms with Crippen molar-refractivity contribution in [1.29, 1.82) is 0 Å². The molecular formula is C31H39N3O6. The van der Waals surface area contributed by atoms with E-state index in [0.29, 0.717) is 50.4 Å². The molecule has 2 heterocycles. The number of ether oxygens (including phenoxy) is 2.